The summed E-state index contributed by atoms with van der Waals surface area (Å²) in [7, 11) is 0. The maximum atomic E-state index is 11.9. The standard InChI is InChI=1S/C19H10Cl2N2O3/c20-13-7-6-11(8-14(13)21)15-9-12(19(24)25)16-17(23-26-18(16)22-15)10-4-2-1-3-5-10/h1-9H,(H,24,25). The molecule has 26 heavy (non-hydrogen) atoms. The number of aromatic nitrogens is 2. The molecule has 0 saturated carbocycles. The highest BCUT2D eigenvalue weighted by molar-refractivity contribution is 6.42. The summed E-state index contributed by atoms with van der Waals surface area (Å²) in [6.45, 7) is 0. The van der Waals surface area contributed by atoms with E-state index in [1.807, 2.05) is 30.3 Å². The average Bonchev–Trinajstić information content (AvgIpc) is 3.07. The summed E-state index contributed by atoms with van der Waals surface area (Å²) >= 11 is 12.0. The molecule has 0 radical (unpaired) electrons. The van der Waals surface area contributed by atoms with Gasteiger partial charge in [0.2, 0.25) is 0 Å². The molecule has 0 fully saturated rings. The molecule has 0 saturated heterocycles. The zero-order chi connectivity index (χ0) is 18.3. The molecular weight excluding hydrogens is 375 g/mol. The average molecular weight is 385 g/mol. The number of nitrogens with zero attached hydrogens (tertiary/aromatic N) is 2. The number of hydrogen-bond acceptors (Lipinski definition) is 4. The number of carboxylic acid groups (broad SMARTS) is 1. The monoisotopic (exact) mass is 384 g/mol. The number of rotatable bonds is 3. The summed E-state index contributed by atoms with van der Waals surface area (Å²) < 4.78 is 5.33. The van der Waals surface area contributed by atoms with E-state index in [0.717, 1.165) is 5.56 Å². The van der Waals surface area contributed by atoms with Crippen molar-refractivity contribution >= 4 is 40.3 Å². The van der Waals surface area contributed by atoms with E-state index in [1.165, 1.54) is 6.07 Å². The zero-order valence-corrected chi connectivity index (χ0v) is 14.6. The van der Waals surface area contributed by atoms with Crippen LogP contribution in [0.5, 0.6) is 0 Å². The van der Waals surface area contributed by atoms with Gasteiger partial charge in [-0.15, -0.1) is 0 Å². The van der Waals surface area contributed by atoms with E-state index >= 15 is 0 Å². The van der Waals surface area contributed by atoms with Crippen LogP contribution in [-0.4, -0.2) is 21.2 Å². The molecule has 0 aliphatic carbocycles. The molecule has 0 aliphatic rings. The first-order valence-corrected chi connectivity index (χ1v) is 8.35. The highest BCUT2D eigenvalue weighted by Gasteiger charge is 2.21. The molecule has 5 nitrogen and oxygen atoms in total. The van der Waals surface area contributed by atoms with E-state index in [0.29, 0.717) is 32.4 Å². The van der Waals surface area contributed by atoms with Crippen LogP contribution in [0.3, 0.4) is 0 Å². The van der Waals surface area contributed by atoms with Crippen LogP contribution in [0.1, 0.15) is 10.4 Å². The van der Waals surface area contributed by atoms with E-state index in [4.69, 9.17) is 27.7 Å². The van der Waals surface area contributed by atoms with Crippen LogP contribution < -0.4 is 0 Å². The van der Waals surface area contributed by atoms with Crippen molar-refractivity contribution in [2.75, 3.05) is 0 Å². The Balaban J connectivity index is 1.97. The smallest absolute Gasteiger partial charge is 0.336 e. The predicted octanol–water partition coefficient (Wildman–Crippen LogP) is 5.56. The molecule has 7 heteroatoms. The lowest BCUT2D eigenvalue weighted by atomic mass is 10.0. The van der Waals surface area contributed by atoms with Crippen LogP contribution in [0.4, 0.5) is 0 Å². The van der Waals surface area contributed by atoms with Gasteiger partial charge in [-0.3, -0.25) is 0 Å². The second-order valence-corrected chi connectivity index (χ2v) is 6.38. The lowest BCUT2D eigenvalue weighted by molar-refractivity contribution is 0.0699. The Morgan fingerprint density at radius 3 is 2.42 bits per heavy atom. The summed E-state index contributed by atoms with van der Waals surface area (Å²) in [5.41, 5.74) is 2.41. The molecular formula is C19H10Cl2N2O3. The van der Waals surface area contributed by atoms with Crippen molar-refractivity contribution in [2.45, 2.75) is 0 Å². The van der Waals surface area contributed by atoms with Crippen LogP contribution in [-0.2, 0) is 0 Å². The minimum Gasteiger partial charge on any atom is -0.478 e. The molecule has 1 N–H and O–H groups in total. The van der Waals surface area contributed by atoms with Gasteiger partial charge in [-0.05, 0) is 18.2 Å². The number of carbonyl (C=O) groups is 1. The van der Waals surface area contributed by atoms with E-state index < -0.39 is 5.97 Å². The van der Waals surface area contributed by atoms with Gasteiger partial charge in [-0.25, -0.2) is 9.78 Å². The number of fused-ring (bicyclic) bond motifs is 1. The summed E-state index contributed by atoms with van der Waals surface area (Å²) in [5.74, 6) is -1.10. The number of aromatic carboxylic acids is 1. The number of pyridine rings is 1. The van der Waals surface area contributed by atoms with Gasteiger partial charge >= 0.3 is 5.97 Å². The highest BCUT2D eigenvalue weighted by atomic mass is 35.5. The molecule has 2 aromatic heterocycles. The lowest BCUT2D eigenvalue weighted by Gasteiger charge is -2.05. The first-order chi connectivity index (χ1) is 12.5. The minimum absolute atomic E-state index is 0.0520. The molecule has 4 aromatic rings. The largest absolute Gasteiger partial charge is 0.478 e. The number of carboxylic acids is 1. The van der Waals surface area contributed by atoms with E-state index in [9.17, 15) is 9.90 Å². The Labute approximate surface area is 157 Å². The number of benzene rings is 2. The molecule has 2 heterocycles. The first-order valence-electron chi connectivity index (χ1n) is 7.59. The summed E-state index contributed by atoms with van der Waals surface area (Å²) in [5, 5.41) is 14.8. The van der Waals surface area contributed by atoms with Gasteiger partial charge in [0.1, 0.15) is 5.69 Å². The quantitative estimate of drug-likeness (QED) is 0.500. The van der Waals surface area contributed by atoms with Crippen molar-refractivity contribution < 1.29 is 14.4 Å². The fourth-order valence-electron chi connectivity index (χ4n) is 2.72. The SMILES string of the molecule is O=C(O)c1cc(-c2ccc(Cl)c(Cl)c2)nc2onc(-c3ccccc3)c12. The van der Waals surface area contributed by atoms with Gasteiger partial charge < -0.3 is 9.63 Å². The fourth-order valence-corrected chi connectivity index (χ4v) is 3.01. The second-order valence-electron chi connectivity index (χ2n) is 5.57. The molecule has 0 unspecified atom stereocenters. The summed E-state index contributed by atoms with van der Waals surface area (Å²) in [6.07, 6.45) is 0. The molecule has 0 amide bonds. The van der Waals surface area contributed by atoms with Gasteiger partial charge in [0, 0.05) is 11.1 Å². The molecule has 2 aromatic carbocycles. The minimum atomic E-state index is -1.10. The normalized spacial score (nSPS) is 11.0. The lowest BCUT2D eigenvalue weighted by Crippen LogP contribution is -2.00. The van der Waals surface area contributed by atoms with Crippen LogP contribution in [0.15, 0.2) is 59.1 Å². The maximum Gasteiger partial charge on any atom is 0.336 e. The molecule has 0 aliphatic heterocycles. The van der Waals surface area contributed by atoms with E-state index in [1.54, 1.807) is 18.2 Å². The second kappa shape index (κ2) is 6.44. The van der Waals surface area contributed by atoms with Crippen LogP contribution in [0.25, 0.3) is 33.6 Å². The van der Waals surface area contributed by atoms with Crippen molar-refractivity contribution in [1.82, 2.24) is 10.1 Å². The van der Waals surface area contributed by atoms with E-state index in [-0.39, 0.29) is 11.3 Å². The molecule has 0 bridgehead atoms. The maximum absolute atomic E-state index is 11.9. The summed E-state index contributed by atoms with van der Waals surface area (Å²) in [6, 6.07) is 15.6. The Hall–Kier alpha value is -2.89. The summed E-state index contributed by atoms with van der Waals surface area (Å²) in [4.78, 5) is 16.3. The van der Waals surface area contributed by atoms with Gasteiger partial charge in [0.25, 0.3) is 5.71 Å². The third kappa shape index (κ3) is 2.81. The third-order valence-electron chi connectivity index (χ3n) is 3.94. The van der Waals surface area contributed by atoms with Crippen molar-refractivity contribution in [1.29, 1.82) is 0 Å². The fraction of sp³-hybridized carbons (Fsp3) is 0. The molecule has 0 atom stereocenters. The van der Waals surface area contributed by atoms with Gasteiger partial charge in [-0.2, -0.15) is 0 Å². The third-order valence-corrected chi connectivity index (χ3v) is 4.68. The Bertz CT molecular complexity index is 1140. The zero-order valence-electron chi connectivity index (χ0n) is 13.1. The predicted molar refractivity (Wildman–Crippen MR) is 99.7 cm³/mol. The Morgan fingerprint density at radius 2 is 1.73 bits per heavy atom. The number of hydrogen-bond donors (Lipinski definition) is 1. The van der Waals surface area contributed by atoms with Crippen LogP contribution in [0.2, 0.25) is 10.0 Å². The van der Waals surface area contributed by atoms with Gasteiger partial charge in [-0.1, -0.05) is 64.8 Å². The Morgan fingerprint density at radius 1 is 0.962 bits per heavy atom. The Kier molecular flexibility index (Phi) is 4.11. The van der Waals surface area contributed by atoms with Crippen molar-refractivity contribution in [2.24, 2.45) is 0 Å². The van der Waals surface area contributed by atoms with Crippen LogP contribution >= 0.6 is 23.2 Å². The molecule has 128 valence electrons. The van der Waals surface area contributed by atoms with Crippen LogP contribution in [0, 0.1) is 0 Å². The van der Waals surface area contributed by atoms with Crippen molar-refractivity contribution in [3.63, 3.8) is 0 Å². The van der Waals surface area contributed by atoms with Gasteiger partial charge in [0.15, 0.2) is 0 Å². The van der Waals surface area contributed by atoms with E-state index in [2.05, 4.69) is 10.1 Å². The molecule has 4 rings (SSSR count). The van der Waals surface area contributed by atoms with Crippen molar-refractivity contribution in [3.8, 4) is 22.5 Å². The van der Waals surface area contributed by atoms with Crippen molar-refractivity contribution in [3.05, 3.63) is 70.2 Å². The first kappa shape index (κ1) is 16.6. The van der Waals surface area contributed by atoms with Gasteiger partial charge in [0.05, 0.1) is 26.7 Å². The topological polar surface area (TPSA) is 76.2 Å². The highest BCUT2D eigenvalue weighted by Crippen LogP contribution is 2.34. The molecule has 0 spiro atoms. The number of halogens is 2.